The zero-order valence-electron chi connectivity index (χ0n) is 63.6. The maximum atomic E-state index is 13.9. The molecular weight excluding hydrogens is 1560 g/mol. The third kappa shape index (κ3) is 26.8. The number of nitrogens with one attached hydrogen (secondary N) is 2. The molecule has 0 saturated carbocycles. The fourth-order valence-electron chi connectivity index (χ4n) is 13.1. The molecule has 1 amide bonds. The summed E-state index contributed by atoms with van der Waals surface area (Å²) in [6, 6.07) is 144. The fourth-order valence-corrected chi connectivity index (χ4v) is 22.3. The Morgan fingerprint density at radius 3 is 0.841 bits per heavy atom. The number of hydrogen-bond donors (Lipinski definition) is 3. The standard InChI is InChI=1S/C29H33F3N2O2.4C18H15P.Pd/c1-18(2)9-20-7-8-27(22-5-4-6-24(30)14-22)23(10-20)16-33-17-29(36)28(34-19(3)35)13-21-11-25(31)15-26(32)12-21;4*1-4-10-16(11-5-1)19(17-12-6-2-7-13-17)18-14-8-3-9-15-18;/h4-8,10-12,14-15,18,28-29,33,36H,9,13,16-17H2,1-3H3,(H,34,35);4*1-15H;/t28-,29+;;;;;/m0...../s1. The van der Waals surface area contributed by atoms with Crippen molar-refractivity contribution in [3.8, 4) is 11.1 Å². The molecule has 0 aromatic heterocycles. The van der Waals surface area contributed by atoms with Crippen LogP contribution in [0.1, 0.15) is 37.5 Å². The van der Waals surface area contributed by atoms with Crippen LogP contribution in [0, 0.1) is 23.4 Å². The van der Waals surface area contributed by atoms with Crippen LogP contribution in [0.2, 0.25) is 0 Å². The predicted molar refractivity (Wildman–Crippen MR) is 476 cm³/mol. The van der Waals surface area contributed by atoms with Crippen molar-refractivity contribution in [2.24, 2.45) is 5.92 Å². The molecule has 15 aromatic carbocycles. The second-order valence-corrected chi connectivity index (χ2v) is 35.8. The van der Waals surface area contributed by atoms with Crippen LogP contribution in [0.3, 0.4) is 0 Å². The van der Waals surface area contributed by atoms with Gasteiger partial charge in [0.1, 0.15) is 17.5 Å². The molecule has 0 radical (unpaired) electrons. The largest absolute Gasteiger partial charge is 0.390 e. The number of carbonyl (C=O) groups is 1. The second-order valence-electron chi connectivity index (χ2n) is 27.0. The molecule has 0 saturated heterocycles. The van der Waals surface area contributed by atoms with E-state index in [1.165, 1.54) is 94.8 Å². The van der Waals surface area contributed by atoms with Crippen molar-refractivity contribution in [2.45, 2.75) is 52.3 Å². The van der Waals surface area contributed by atoms with Crippen molar-refractivity contribution in [3.05, 3.63) is 459 Å². The van der Waals surface area contributed by atoms with Crippen LogP contribution >= 0.6 is 31.7 Å². The Morgan fingerprint density at radius 1 is 0.319 bits per heavy atom. The van der Waals surface area contributed by atoms with Crippen molar-refractivity contribution in [1.82, 2.24) is 10.6 Å². The number of amides is 1. The normalized spacial score (nSPS) is 11.3. The Kier molecular flexibility index (Phi) is 34.8. The topological polar surface area (TPSA) is 61.4 Å². The minimum Gasteiger partial charge on any atom is -0.390 e. The second kappa shape index (κ2) is 46.1. The summed E-state index contributed by atoms with van der Waals surface area (Å²) >= 11 is 0. The van der Waals surface area contributed by atoms with E-state index >= 15 is 0 Å². The van der Waals surface area contributed by atoms with Crippen LogP contribution in [0.4, 0.5) is 13.2 Å². The SMILES string of the molecule is CC(=O)N[C@@H](Cc1cc(F)cc(F)c1)[C@H](O)CNCc1cc(CC(C)C)ccc1-c1cccc(F)c1.[Pd].c1ccc(P(c2ccccc2)c2ccccc2)cc1.c1ccc(P(c2ccccc2)c2ccccc2)cc1.c1ccc(P(c2ccccc2)c2ccccc2)cc1.c1ccc(P(c2ccccc2)c2ccccc2)cc1. The van der Waals surface area contributed by atoms with Gasteiger partial charge in [-0.05, 0) is 166 Å². The van der Waals surface area contributed by atoms with Crippen LogP contribution in [-0.2, 0) is 44.6 Å². The molecule has 4 nitrogen and oxygen atoms in total. The van der Waals surface area contributed by atoms with Crippen molar-refractivity contribution < 1.29 is 43.5 Å². The number of hydrogen-bond acceptors (Lipinski definition) is 3. The number of rotatable bonds is 23. The average molecular weight is 1650 g/mol. The first-order valence-electron chi connectivity index (χ1n) is 37.7. The van der Waals surface area contributed by atoms with E-state index in [1.807, 2.05) is 18.2 Å². The van der Waals surface area contributed by atoms with E-state index in [9.17, 15) is 23.1 Å². The molecule has 0 aliphatic rings. The molecule has 2 atom stereocenters. The van der Waals surface area contributed by atoms with Crippen molar-refractivity contribution in [2.75, 3.05) is 6.54 Å². The molecule has 0 bridgehead atoms. The van der Waals surface area contributed by atoms with Gasteiger partial charge in [-0.1, -0.05) is 408 Å². The van der Waals surface area contributed by atoms with Crippen LogP contribution in [0.5, 0.6) is 0 Å². The molecule has 15 aromatic rings. The Labute approximate surface area is 685 Å². The quantitative estimate of drug-likeness (QED) is 0.0442. The molecule has 0 heterocycles. The Balaban J connectivity index is 0.000000154. The first-order valence-corrected chi connectivity index (χ1v) is 43.1. The molecular formula is C101H93F3N2O2P4Pd. The van der Waals surface area contributed by atoms with Gasteiger partial charge in [0.25, 0.3) is 0 Å². The Hall–Kier alpha value is -10.1. The molecule has 0 fully saturated rings. The molecule has 3 N–H and O–H groups in total. The molecule has 0 aliphatic carbocycles. The van der Waals surface area contributed by atoms with Gasteiger partial charge in [0, 0.05) is 46.5 Å². The van der Waals surface area contributed by atoms with E-state index in [0.29, 0.717) is 18.0 Å². The van der Waals surface area contributed by atoms with Gasteiger partial charge in [-0.3, -0.25) is 4.79 Å². The summed E-state index contributed by atoms with van der Waals surface area (Å²) in [5.41, 5.74) is 4.09. The number of carbonyl (C=O) groups excluding carboxylic acids is 1. The molecule has 0 aliphatic heterocycles. The maximum Gasteiger partial charge on any atom is 0.217 e. The van der Waals surface area contributed by atoms with E-state index in [1.54, 1.807) is 6.07 Å². The molecule has 15 rings (SSSR count). The fraction of sp³-hybridized carbons (Fsp3) is 0.0990. The summed E-state index contributed by atoms with van der Waals surface area (Å²) in [4.78, 5) is 11.7. The van der Waals surface area contributed by atoms with Crippen LogP contribution in [0.15, 0.2) is 425 Å². The minimum absolute atomic E-state index is 0. The Bertz CT molecular complexity index is 4320. The third-order valence-electron chi connectivity index (χ3n) is 18.0. The minimum atomic E-state index is -1.02. The maximum absolute atomic E-state index is 13.9. The van der Waals surface area contributed by atoms with E-state index < -0.39 is 55.5 Å². The van der Waals surface area contributed by atoms with Gasteiger partial charge in [0.15, 0.2) is 0 Å². The summed E-state index contributed by atoms with van der Waals surface area (Å²) in [5.74, 6) is -1.64. The predicted octanol–water partition coefficient (Wildman–Crippen LogP) is 18.9. The number of halogens is 3. The summed E-state index contributed by atoms with van der Waals surface area (Å²) in [6.45, 7) is 6.13. The number of aliphatic hydroxyl groups excluding tert-OH is 1. The summed E-state index contributed by atoms with van der Waals surface area (Å²) < 4.78 is 41.1. The van der Waals surface area contributed by atoms with Gasteiger partial charge in [-0.2, -0.15) is 0 Å². The van der Waals surface area contributed by atoms with Crippen molar-refractivity contribution in [1.29, 1.82) is 0 Å². The summed E-state index contributed by atoms with van der Waals surface area (Å²) in [6.07, 6.45) is -0.0553. The number of benzene rings is 15. The first-order chi connectivity index (χ1) is 54.9. The van der Waals surface area contributed by atoms with Gasteiger partial charge < -0.3 is 15.7 Å². The molecule has 0 unspecified atom stereocenters. The zero-order chi connectivity index (χ0) is 77.9. The van der Waals surface area contributed by atoms with Gasteiger partial charge in [0.2, 0.25) is 5.91 Å². The molecule has 570 valence electrons. The van der Waals surface area contributed by atoms with E-state index in [0.717, 1.165) is 34.7 Å². The van der Waals surface area contributed by atoms with Gasteiger partial charge in [-0.15, -0.1) is 0 Å². The average Bonchev–Trinajstić information content (AvgIpc) is 0.813. The molecule has 0 spiro atoms. The summed E-state index contributed by atoms with van der Waals surface area (Å²) in [5, 5.41) is 33.5. The first kappa shape index (κ1) is 85.3. The van der Waals surface area contributed by atoms with Crippen LogP contribution in [-0.4, -0.2) is 29.7 Å². The van der Waals surface area contributed by atoms with Crippen LogP contribution in [0.25, 0.3) is 11.1 Å². The number of aliphatic hydroxyl groups is 1. The molecule has 113 heavy (non-hydrogen) atoms. The van der Waals surface area contributed by atoms with E-state index in [2.05, 4.69) is 395 Å². The van der Waals surface area contributed by atoms with Gasteiger partial charge >= 0.3 is 0 Å². The molecule has 12 heteroatoms. The van der Waals surface area contributed by atoms with Crippen molar-refractivity contribution >= 4 is 101 Å². The smallest absolute Gasteiger partial charge is 0.217 e. The van der Waals surface area contributed by atoms with E-state index in [4.69, 9.17) is 0 Å². The third-order valence-corrected chi connectivity index (χ3v) is 27.8. The van der Waals surface area contributed by atoms with Crippen LogP contribution < -0.4 is 74.3 Å². The van der Waals surface area contributed by atoms with Crippen molar-refractivity contribution in [3.63, 3.8) is 0 Å². The monoisotopic (exact) mass is 1650 g/mol. The Morgan fingerprint density at radius 2 is 0.593 bits per heavy atom. The van der Waals surface area contributed by atoms with E-state index in [-0.39, 0.29) is 45.1 Å². The van der Waals surface area contributed by atoms with Gasteiger partial charge in [-0.25, -0.2) is 13.2 Å². The summed E-state index contributed by atoms with van der Waals surface area (Å²) in [7, 11) is -1.78. The zero-order valence-corrected chi connectivity index (χ0v) is 68.7. The van der Waals surface area contributed by atoms with Gasteiger partial charge in [0.05, 0.1) is 12.1 Å².